The Morgan fingerprint density at radius 1 is 1.00 bits per heavy atom. The van der Waals surface area contributed by atoms with Gasteiger partial charge in [-0.3, -0.25) is 9.97 Å². The van der Waals surface area contributed by atoms with Gasteiger partial charge in [-0.25, -0.2) is 0 Å². The average molecular weight is 278 g/mol. The summed E-state index contributed by atoms with van der Waals surface area (Å²) in [7, 11) is 2.08. The first-order valence-electron chi connectivity index (χ1n) is 7.00. The lowest BCUT2D eigenvalue weighted by molar-refractivity contribution is 0.855. The van der Waals surface area contributed by atoms with Crippen LogP contribution in [0.25, 0.3) is 10.9 Å². The van der Waals surface area contributed by atoms with Gasteiger partial charge in [0.1, 0.15) is 0 Å². The summed E-state index contributed by atoms with van der Waals surface area (Å²) in [6, 6.07) is 13.9. The van der Waals surface area contributed by atoms with Crippen LogP contribution in [0.15, 0.2) is 54.9 Å². The molecule has 0 spiro atoms. The van der Waals surface area contributed by atoms with E-state index in [-0.39, 0.29) is 0 Å². The maximum Gasteiger partial charge on any atom is 0.0951 e. The second-order valence-electron chi connectivity index (χ2n) is 5.07. The molecule has 3 rings (SSSR count). The number of fused-ring (bicyclic) bond motifs is 1. The van der Waals surface area contributed by atoms with Gasteiger partial charge >= 0.3 is 0 Å². The van der Waals surface area contributed by atoms with Gasteiger partial charge in [-0.1, -0.05) is 18.2 Å². The van der Waals surface area contributed by atoms with E-state index in [9.17, 15) is 0 Å². The van der Waals surface area contributed by atoms with E-state index in [1.807, 2.05) is 42.7 Å². The molecule has 21 heavy (non-hydrogen) atoms. The topological polar surface area (TPSA) is 55.0 Å². The van der Waals surface area contributed by atoms with E-state index in [2.05, 4.69) is 34.0 Å². The molecule has 0 unspecified atom stereocenters. The summed E-state index contributed by atoms with van der Waals surface area (Å²) in [6.45, 7) is 0.894. The van der Waals surface area contributed by atoms with Gasteiger partial charge < -0.3 is 10.6 Å². The fourth-order valence-corrected chi connectivity index (χ4v) is 2.47. The van der Waals surface area contributed by atoms with Crippen molar-refractivity contribution in [1.29, 1.82) is 0 Å². The minimum absolute atomic E-state index is 0.715. The Kier molecular flexibility index (Phi) is 3.69. The number of aromatic nitrogens is 2. The Labute approximate surface area is 124 Å². The largest absolute Gasteiger partial charge is 0.397 e. The molecule has 106 valence electrons. The van der Waals surface area contributed by atoms with Crippen LogP contribution in [0.5, 0.6) is 0 Å². The molecule has 0 aliphatic rings. The van der Waals surface area contributed by atoms with Crippen LogP contribution in [-0.4, -0.2) is 23.6 Å². The van der Waals surface area contributed by atoms with Crippen molar-refractivity contribution in [3.05, 3.63) is 60.6 Å². The third kappa shape index (κ3) is 2.79. The molecular formula is C17H18N4. The van der Waals surface area contributed by atoms with E-state index in [1.54, 1.807) is 0 Å². The van der Waals surface area contributed by atoms with Crippen LogP contribution in [0.2, 0.25) is 0 Å². The number of nitrogens with two attached hydrogens (primary N) is 1. The van der Waals surface area contributed by atoms with Gasteiger partial charge in [-0.15, -0.1) is 0 Å². The highest BCUT2D eigenvalue weighted by molar-refractivity contribution is 5.97. The standard InChI is InChI=1S/C17H18N4/c1-21(12-9-13-5-2-3-10-19-13)16-8-11-20-17-14(16)6-4-7-15(17)18/h2-8,10-11H,9,12,18H2,1H3. The van der Waals surface area contributed by atoms with E-state index in [4.69, 9.17) is 5.73 Å². The van der Waals surface area contributed by atoms with Gasteiger partial charge in [0.2, 0.25) is 0 Å². The summed E-state index contributed by atoms with van der Waals surface area (Å²) < 4.78 is 0. The zero-order valence-corrected chi connectivity index (χ0v) is 12.0. The smallest absolute Gasteiger partial charge is 0.0951 e. The van der Waals surface area contributed by atoms with E-state index in [0.717, 1.165) is 35.2 Å². The molecule has 2 N–H and O–H groups in total. The quantitative estimate of drug-likeness (QED) is 0.746. The normalized spacial score (nSPS) is 10.7. The molecule has 2 aromatic heterocycles. The molecular weight excluding hydrogens is 260 g/mol. The van der Waals surface area contributed by atoms with Crippen LogP contribution in [0.4, 0.5) is 11.4 Å². The Hall–Kier alpha value is -2.62. The summed E-state index contributed by atoms with van der Waals surface area (Å²) >= 11 is 0. The summed E-state index contributed by atoms with van der Waals surface area (Å²) in [5.74, 6) is 0. The highest BCUT2D eigenvalue weighted by atomic mass is 15.1. The van der Waals surface area contributed by atoms with Crippen molar-refractivity contribution in [1.82, 2.24) is 9.97 Å². The highest BCUT2D eigenvalue weighted by Gasteiger charge is 2.08. The van der Waals surface area contributed by atoms with E-state index >= 15 is 0 Å². The molecule has 0 saturated heterocycles. The van der Waals surface area contributed by atoms with Gasteiger partial charge in [0, 0.05) is 49.2 Å². The molecule has 0 saturated carbocycles. The van der Waals surface area contributed by atoms with Crippen LogP contribution in [-0.2, 0) is 6.42 Å². The Balaban J connectivity index is 1.85. The lowest BCUT2D eigenvalue weighted by Crippen LogP contribution is -2.21. The molecule has 0 radical (unpaired) electrons. The van der Waals surface area contributed by atoms with Crippen LogP contribution < -0.4 is 10.6 Å². The maximum absolute atomic E-state index is 6.00. The maximum atomic E-state index is 6.00. The molecule has 3 aromatic rings. The first kappa shape index (κ1) is 13.4. The van der Waals surface area contributed by atoms with E-state index in [0.29, 0.717) is 5.69 Å². The molecule has 0 atom stereocenters. The number of rotatable bonds is 4. The fraction of sp³-hybridized carbons (Fsp3) is 0.176. The Morgan fingerprint density at radius 2 is 1.90 bits per heavy atom. The molecule has 0 bridgehead atoms. The van der Waals surface area contributed by atoms with Crippen LogP contribution in [0.3, 0.4) is 0 Å². The molecule has 4 nitrogen and oxygen atoms in total. The van der Waals surface area contributed by atoms with Gasteiger partial charge in [0.05, 0.1) is 11.2 Å². The molecule has 0 aliphatic carbocycles. The van der Waals surface area contributed by atoms with Crippen LogP contribution in [0.1, 0.15) is 5.69 Å². The second kappa shape index (κ2) is 5.79. The van der Waals surface area contributed by atoms with Crippen molar-refractivity contribution in [3.63, 3.8) is 0 Å². The van der Waals surface area contributed by atoms with Crippen molar-refractivity contribution < 1.29 is 0 Å². The van der Waals surface area contributed by atoms with Crippen molar-refractivity contribution in [2.75, 3.05) is 24.2 Å². The minimum atomic E-state index is 0.715. The third-order valence-corrected chi connectivity index (χ3v) is 3.62. The minimum Gasteiger partial charge on any atom is -0.397 e. The average Bonchev–Trinajstić information content (AvgIpc) is 2.53. The number of benzene rings is 1. The monoisotopic (exact) mass is 278 g/mol. The van der Waals surface area contributed by atoms with Crippen molar-refractivity contribution >= 4 is 22.3 Å². The van der Waals surface area contributed by atoms with Crippen molar-refractivity contribution in [2.45, 2.75) is 6.42 Å². The number of nitrogen functional groups attached to an aromatic ring is 1. The Bertz CT molecular complexity index is 740. The fourth-order valence-electron chi connectivity index (χ4n) is 2.47. The van der Waals surface area contributed by atoms with Gasteiger partial charge in [-0.2, -0.15) is 0 Å². The molecule has 0 fully saturated rings. The molecule has 4 heteroatoms. The van der Waals surface area contributed by atoms with E-state index < -0.39 is 0 Å². The number of likely N-dealkylation sites (N-methyl/N-ethyl adjacent to an activating group) is 1. The lowest BCUT2D eigenvalue weighted by Gasteiger charge is -2.21. The van der Waals surface area contributed by atoms with Gasteiger partial charge in [0.25, 0.3) is 0 Å². The van der Waals surface area contributed by atoms with E-state index in [1.165, 1.54) is 0 Å². The van der Waals surface area contributed by atoms with Crippen molar-refractivity contribution in [2.24, 2.45) is 0 Å². The van der Waals surface area contributed by atoms with Gasteiger partial charge in [-0.05, 0) is 24.3 Å². The summed E-state index contributed by atoms with van der Waals surface area (Å²) in [5, 5.41) is 1.08. The first-order chi connectivity index (χ1) is 10.3. The lowest BCUT2D eigenvalue weighted by atomic mass is 10.1. The Morgan fingerprint density at radius 3 is 2.71 bits per heavy atom. The number of hydrogen-bond donors (Lipinski definition) is 1. The molecule has 0 amide bonds. The summed E-state index contributed by atoms with van der Waals surface area (Å²) in [6.07, 6.45) is 4.55. The predicted octanol–water partition coefficient (Wildman–Crippen LogP) is 2.89. The number of nitrogens with zero attached hydrogens (tertiary/aromatic N) is 3. The number of hydrogen-bond acceptors (Lipinski definition) is 4. The molecule has 0 aliphatic heterocycles. The third-order valence-electron chi connectivity index (χ3n) is 3.62. The SMILES string of the molecule is CN(CCc1ccccn1)c1ccnc2c(N)cccc12. The van der Waals surface area contributed by atoms with Crippen molar-refractivity contribution in [3.8, 4) is 0 Å². The number of anilines is 2. The second-order valence-corrected chi connectivity index (χ2v) is 5.07. The molecule has 2 heterocycles. The van der Waals surface area contributed by atoms with Crippen LogP contribution in [0, 0.1) is 0 Å². The molecule has 1 aromatic carbocycles. The summed E-state index contributed by atoms with van der Waals surface area (Å²) in [4.78, 5) is 11.0. The predicted molar refractivity (Wildman–Crippen MR) is 87.4 cm³/mol. The zero-order valence-electron chi connectivity index (χ0n) is 12.0. The van der Waals surface area contributed by atoms with Crippen LogP contribution >= 0.6 is 0 Å². The number of para-hydroxylation sites is 1. The number of pyridine rings is 2. The van der Waals surface area contributed by atoms with Gasteiger partial charge in [0.15, 0.2) is 0 Å². The zero-order chi connectivity index (χ0) is 14.7. The summed E-state index contributed by atoms with van der Waals surface area (Å²) in [5.41, 5.74) is 9.82. The first-order valence-corrected chi connectivity index (χ1v) is 7.00. The highest BCUT2D eigenvalue weighted by Crippen LogP contribution is 2.27.